The van der Waals surface area contributed by atoms with Crippen LogP contribution in [0, 0.1) is 13.8 Å². The molecule has 0 fully saturated rings. The number of aryl methyl sites for hydroxylation is 2. The van der Waals surface area contributed by atoms with Gasteiger partial charge in [0.2, 0.25) is 6.79 Å². The Morgan fingerprint density at radius 1 is 1.19 bits per heavy atom. The van der Waals surface area contributed by atoms with E-state index in [1.54, 1.807) is 0 Å². The van der Waals surface area contributed by atoms with E-state index in [1.165, 1.54) is 0 Å². The van der Waals surface area contributed by atoms with Gasteiger partial charge in [-0.05, 0) is 31.5 Å². The lowest BCUT2D eigenvalue weighted by Gasteiger charge is -2.03. The van der Waals surface area contributed by atoms with Crippen molar-refractivity contribution in [2.24, 2.45) is 0 Å². The molecule has 2 heterocycles. The molecule has 16 heavy (non-hydrogen) atoms. The van der Waals surface area contributed by atoms with Gasteiger partial charge in [0.15, 0.2) is 11.5 Å². The summed E-state index contributed by atoms with van der Waals surface area (Å²) in [6.45, 7) is 4.31. The van der Waals surface area contributed by atoms with E-state index in [4.69, 9.17) is 9.47 Å². The fraction of sp³-hybridized carbons (Fsp3) is 0.250. The van der Waals surface area contributed by atoms with Gasteiger partial charge >= 0.3 is 0 Å². The number of ether oxygens (including phenoxy) is 2. The number of H-pyrrole nitrogens is 1. The van der Waals surface area contributed by atoms with Crippen molar-refractivity contribution in [3.63, 3.8) is 0 Å². The number of aromatic amines is 1. The van der Waals surface area contributed by atoms with Gasteiger partial charge in [0, 0.05) is 11.3 Å². The zero-order valence-corrected chi connectivity index (χ0v) is 9.20. The molecule has 4 heteroatoms. The van der Waals surface area contributed by atoms with Crippen LogP contribution in [-0.2, 0) is 0 Å². The molecular weight excluding hydrogens is 204 g/mol. The van der Waals surface area contributed by atoms with E-state index in [0.717, 1.165) is 34.0 Å². The van der Waals surface area contributed by atoms with Crippen molar-refractivity contribution in [1.29, 1.82) is 0 Å². The van der Waals surface area contributed by atoms with Gasteiger partial charge in [-0.2, -0.15) is 5.10 Å². The summed E-state index contributed by atoms with van der Waals surface area (Å²) in [5.41, 5.74) is 4.30. The SMILES string of the molecule is Cc1n[nH]c(C)c1-c1ccc2c(c1)OCO2. The van der Waals surface area contributed by atoms with E-state index in [9.17, 15) is 0 Å². The maximum Gasteiger partial charge on any atom is 0.231 e. The monoisotopic (exact) mass is 216 g/mol. The Balaban J connectivity index is 2.14. The van der Waals surface area contributed by atoms with Gasteiger partial charge < -0.3 is 9.47 Å². The topological polar surface area (TPSA) is 47.1 Å². The zero-order valence-electron chi connectivity index (χ0n) is 9.20. The van der Waals surface area contributed by atoms with Crippen molar-refractivity contribution >= 4 is 0 Å². The highest BCUT2D eigenvalue weighted by atomic mass is 16.7. The molecular formula is C12H12N2O2. The van der Waals surface area contributed by atoms with E-state index in [-0.39, 0.29) is 0 Å². The van der Waals surface area contributed by atoms with Crippen molar-refractivity contribution in [2.45, 2.75) is 13.8 Å². The molecule has 0 radical (unpaired) electrons. The quantitative estimate of drug-likeness (QED) is 0.796. The molecule has 0 atom stereocenters. The zero-order chi connectivity index (χ0) is 11.1. The van der Waals surface area contributed by atoms with Crippen molar-refractivity contribution in [3.8, 4) is 22.6 Å². The molecule has 0 amide bonds. The van der Waals surface area contributed by atoms with Gasteiger partial charge in [-0.3, -0.25) is 5.10 Å². The standard InChI is InChI=1S/C12H12N2O2/c1-7-12(8(2)14-13-7)9-3-4-10-11(5-9)16-6-15-10/h3-5H,6H2,1-2H3,(H,13,14). The highest BCUT2D eigenvalue weighted by Crippen LogP contribution is 2.37. The molecule has 0 spiro atoms. The van der Waals surface area contributed by atoms with E-state index in [2.05, 4.69) is 10.2 Å². The Morgan fingerprint density at radius 3 is 2.75 bits per heavy atom. The van der Waals surface area contributed by atoms with Gasteiger partial charge in [0.1, 0.15) is 0 Å². The lowest BCUT2D eigenvalue weighted by molar-refractivity contribution is 0.174. The van der Waals surface area contributed by atoms with Crippen LogP contribution in [0.3, 0.4) is 0 Å². The predicted molar refractivity (Wildman–Crippen MR) is 59.6 cm³/mol. The predicted octanol–water partition coefficient (Wildman–Crippen LogP) is 2.42. The molecule has 1 aliphatic heterocycles. The van der Waals surface area contributed by atoms with Crippen LogP contribution in [0.15, 0.2) is 18.2 Å². The third-order valence-electron chi connectivity index (χ3n) is 2.79. The van der Waals surface area contributed by atoms with Crippen LogP contribution < -0.4 is 9.47 Å². The van der Waals surface area contributed by atoms with Crippen molar-refractivity contribution in [1.82, 2.24) is 10.2 Å². The average molecular weight is 216 g/mol. The third-order valence-corrected chi connectivity index (χ3v) is 2.79. The fourth-order valence-electron chi connectivity index (χ4n) is 2.03. The largest absolute Gasteiger partial charge is 0.454 e. The fourth-order valence-corrected chi connectivity index (χ4v) is 2.03. The normalized spacial score (nSPS) is 13.1. The summed E-state index contributed by atoms with van der Waals surface area (Å²) < 4.78 is 10.6. The second-order valence-electron chi connectivity index (χ2n) is 3.88. The first kappa shape index (κ1) is 9.27. The van der Waals surface area contributed by atoms with Crippen LogP contribution in [0.5, 0.6) is 11.5 Å². The minimum atomic E-state index is 0.308. The number of aromatic nitrogens is 2. The van der Waals surface area contributed by atoms with Crippen LogP contribution in [-0.4, -0.2) is 17.0 Å². The Hall–Kier alpha value is -1.97. The summed E-state index contributed by atoms with van der Waals surface area (Å²) in [7, 11) is 0. The Morgan fingerprint density at radius 2 is 2.00 bits per heavy atom. The van der Waals surface area contributed by atoms with Crippen molar-refractivity contribution < 1.29 is 9.47 Å². The number of fused-ring (bicyclic) bond motifs is 1. The molecule has 0 unspecified atom stereocenters. The van der Waals surface area contributed by atoms with Crippen LogP contribution in [0.1, 0.15) is 11.4 Å². The molecule has 0 saturated heterocycles. The third kappa shape index (κ3) is 1.26. The maximum atomic E-state index is 5.36. The molecule has 0 bridgehead atoms. The summed E-state index contributed by atoms with van der Waals surface area (Å²) in [6.07, 6.45) is 0. The number of nitrogens with one attached hydrogen (secondary N) is 1. The summed E-state index contributed by atoms with van der Waals surface area (Å²) in [5.74, 6) is 1.61. The maximum absolute atomic E-state index is 5.36. The lowest BCUT2D eigenvalue weighted by Crippen LogP contribution is -1.92. The molecule has 82 valence electrons. The van der Waals surface area contributed by atoms with E-state index >= 15 is 0 Å². The molecule has 2 aromatic rings. The molecule has 1 aromatic heterocycles. The van der Waals surface area contributed by atoms with Gasteiger partial charge in [-0.15, -0.1) is 0 Å². The van der Waals surface area contributed by atoms with Crippen LogP contribution in [0.4, 0.5) is 0 Å². The number of hydrogen-bond acceptors (Lipinski definition) is 3. The highest BCUT2D eigenvalue weighted by Gasteiger charge is 2.16. The van der Waals surface area contributed by atoms with Gasteiger partial charge in [0.05, 0.1) is 5.69 Å². The van der Waals surface area contributed by atoms with Crippen molar-refractivity contribution in [2.75, 3.05) is 6.79 Å². The Bertz CT molecular complexity index is 526. The second kappa shape index (κ2) is 3.27. The van der Waals surface area contributed by atoms with Gasteiger partial charge in [0.25, 0.3) is 0 Å². The smallest absolute Gasteiger partial charge is 0.231 e. The van der Waals surface area contributed by atoms with Crippen molar-refractivity contribution in [3.05, 3.63) is 29.6 Å². The molecule has 1 aliphatic rings. The first-order valence-corrected chi connectivity index (χ1v) is 5.17. The van der Waals surface area contributed by atoms with E-state index < -0.39 is 0 Å². The Labute approximate surface area is 93.2 Å². The van der Waals surface area contributed by atoms with Gasteiger partial charge in [-0.1, -0.05) is 6.07 Å². The first-order valence-electron chi connectivity index (χ1n) is 5.17. The molecule has 1 N–H and O–H groups in total. The highest BCUT2D eigenvalue weighted by molar-refractivity contribution is 5.71. The van der Waals surface area contributed by atoms with Crippen LogP contribution in [0.2, 0.25) is 0 Å². The van der Waals surface area contributed by atoms with Gasteiger partial charge in [-0.25, -0.2) is 0 Å². The summed E-state index contributed by atoms with van der Waals surface area (Å²) in [5, 5.41) is 7.17. The van der Waals surface area contributed by atoms with E-state index in [0.29, 0.717) is 6.79 Å². The molecule has 1 aromatic carbocycles. The molecule has 4 nitrogen and oxygen atoms in total. The number of nitrogens with zero attached hydrogens (tertiary/aromatic N) is 1. The molecule has 3 rings (SSSR count). The summed E-state index contributed by atoms with van der Waals surface area (Å²) in [6, 6.07) is 5.95. The summed E-state index contributed by atoms with van der Waals surface area (Å²) >= 11 is 0. The average Bonchev–Trinajstić information content (AvgIpc) is 2.85. The van der Waals surface area contributed by atoms with Crippen LogP contribution in [0.25, 0.3) is 11.1 Å². The van der Waals surface area contributed by atoms with Crippen LogP contribution >= 0.6 is 0 Å². The minimum Gasteiger partial charge on any atom is -0.454 e. The summed E-state index contributed by atoms with van der Waals surface area (Å²) in [4.78, 5) is 0. The number of rotatable bonds is 1. The number of hydrogen-bond donors (Lipinski definition) is 1. The molecule has 0 aliphatic carbocycles. The molecule has 0 saturated carbocycles. The first-order chi connectivity index (χ1) is 7.75. The minimum absolute atomic E-state index is 0.308. The van der Waals surface area contributed by atoms with E-state index in [1.807, 2.05) is 32.0 Å². The Kier molecular flexibility index (Phi) is 1.89. The second-order valence-corrected chi connectivity index (χ2v) is 3.88. The number of benzene rings is 1. The lowest BCUT2D eigenvalue weighted by atomic mass is 10.0.